The zero-order valence-corrected chi connectivity index (χ0v) is 11.6. The van der Waals surface area contributed by atoms with E-state index in [-0.39, 0.29) is 18.8 Å². The number of aromatic nitrogens is 2. The summed E-state index contributed by atoms with van der Waals surface area (Å²) in [5.41, 5.74) is 0.667. The summed E-state index contributed by atoms with van der Waals surface area (Å²) in [6.07, 6.45) is -1.02. The molecular weight excluding hydrogens is 293 g/mol. The fourth-order valence-corrected chi connectivity index (χ4v) is 1.64. The second-order valence-electron chi connectivity index (χ2n) is 4.57. The van der Waals surface area contributed by atoms with E-state index in [4.69, 9.17) is 14.9 Å². The lowest BCUT2D eigenvalue weighted by Crippen LogP contribution is -2.34. The van der Waals surface area contributed by atoms with E-state index in [1.165, 1.54) is 24.3 Å². The Morgan fingerprint density at radius 2 is 2.27 bits per heavy atom. The van der Waals surface area contributed by atoms with Gasteiger partial charge in [0, 0.05) is 12.6 Å². The molecular formula is C14H16FN3O4. The van der Waals surface area contributed by atoms with E-state index in [1.807, 2.05) is 0 Å². The van der Waals surface area contributed by atoms with Gasteiger partial charge in [-0.25, -0.2) is 4.39 Å². The number of hydrogen-bond acceptors (Lipinski definition) is 5. The first-order valence-corrected chi connectivity index (χ1v) is 6.58. The van der Waals surface area contributed by atoms with Gasteiger partial charge in [0.2, 0.25) is 0 Å². The maximum absolute atomic E-state index is 13.0. The van der Waals surface area contributed by atoms with Gasteiger partial charge in [-0.15, -0.1) is 0 Å². The largest absolute Gasteiger partial charge is 0.487 e. The molecule has 1 aromatic heterocycles. The summed E-state index contributed by atoms with van der Waals surface area (Å²) in [5, 5.41) is 26.7. The number of ether oxygens (including phenoxy) is 1. The first kappa shape index (κ1) is 15.9. The molecule has 7 nitrogen and oxygen atoms in total. The molecule has 0 aliphatic heterocycles. The molecule has 118 valence electrons. The summed E-state index contributed by atoms with van der Waals surface area (Å²) in [4.78, 5) is 11.7. The molecule has 2 rings (SSSR count). The van der Waals surface area contributed by atoms with E-state index in [0.29, 0.717) is 11.4 Å². The van der Waals surface area contributed by atoms with Crippen molar-refractivity contribution in [2.24, 2.45) is 0 Å². The monoisotopic (exact) mass is 309 g/mol. The van der Waals surface area contributed by atoms with Gasteiger partial charge < -0.3 is 20.3 Å². The first-order valence-electron chi connectivity index (χ1n) is 6.58. The number of H-pyrrole nitrogens is 1. The third-order valence-corrected chi connectivity index (χ3v) is 2.76. The molecule has 1 aromatic carbocycles. The summed E-state index contributed by atoms with van der Waals surface area (Å²) >= 11 is 0. The van der Waals surface area contributed by atoms with E-state index >= 15 is 0 Å². The standard InChI is InChI=1S/C14H16FN3O4/c15-9-2-1-3-12(4-9)22-8-10-5-13(18-17-10)14(21)16-6-11(20)7-19/h1-5,11,19-20H,6-8H2,(H,16,21)(H,17,18). The van der Waals surface area contributed by atoms with Crippen molar-refractivity contribution in [3.63, 3.8) is 0 Å². The fraction of sp³-hybridized carbons (Fsp3) is 0.286. The minimum atomic E-state index is -1.02. The number of benzene rings is 1. The van der Waals surface area contributed by atoms with Gasteiger partial charge in [-0.1, -0.05) is 6.07 Å². The number of hydrogen-bond donors (Lipinski definition) is 4. The van der Waals surface area contributed by atoms with Crippen molar-refractivity contribution in [2.45, 2.75) is 12.7 Å². The van der Waals surface area contributed by atoms with Crippen LogP contribution in [0, 0.1) is 5.82 Å². The van der Waals surface area contributed by atoms with Gasteiger partial charge in [-0.3, -0.25) is 9.89 Å². The second kappa shape index (κ2) is 7.53. The highest BCUT2D eigenvalue weighted by Gasteiger charge is 2.12. The Bertz CT molecular complexity index is 632. The molecule has 22 heavy (non-hydrogen) atoms. The molecule has 4 N–H and O–H groups in total. The highest BCUT2D eigenvalue weighted by molar-refractivity contribution is 5.92. The van der Waals surface area contributed by atoms with Crippen LogP contribution in [0.15, 0.2) is 30.3 Å². The minimum absolute atomic E-state index is 0.0721. The van der Waals surface area contributed by atoms with E-state index in [9.17, 15) is 9.18 Å². The van der Waals surface area contributed by atoms with Crippen LogP contribution < -0.4 is 10.1 Å². The third-order valence-electron chi connectivity index (χ3n) is 2.76. The smallest absolute Gasteiger partial charge is 0.271 e. The Kier molecular flexibility index (Phi) is 5.45. The van der Waals surface area contributed by atoms with Crippen LogP contribution in [-0.4, -0.2) is 45.6 Å². The van der Waals surface area contributed by atoms with E-state index < -0.39 is 24.4 Å². The molecule has 1 heterocycles. The van der Waals surface area contributed by atoms with Gasteiger partial charge in [-0.05, 0) is 18.2 Å². The SMILES string of the molecule is O=C(NCC(O)CO)c1cc(COc2cccc(F)c2)[nH]n1. The van der Waals surface area contributed by atoms with Gasteiger partial charge in [0.15, 0.2) is 0 Å². The molecule has 0 saturated carbocycles. The molecule has 0 aliphatic rings. The molecule has 2 aromatic rings. The number of carbonyl (C=O) groups is 1. The molecule has 0 radical (unpaired) electrons. The number of nitrogens with zero attached hydrogens (tertiary/aromatic N) is 1. The predicted molar refractivity (Wildman–Crippen MR) is 74.7 cm³/mol. The number of rotatable bonds is 7. The van der Waals surface area contributed by atoms with Gasteiger partial charge in [0.1, 0.15) is 23.9 Å². The lowest BCUT2D eigenvalue weighted by molar-refractivity contribution is 0.0798. The number of aliphatic hydroxyl groups is 2. The molecule has 0 fully saturated rings. The van der Waals surface area contributed by atoms with Crippen molar-refractivity contribution in [3.05, 3.63) is 47.5 Å². The van der Waals surface area contributed by atoms with E-state index in [2.05, 4.69) is 15.5 Å². The van der Waals surface area contributed by atoms with Crippen LogP contribution in [0.5, 0.6) is 5.75 Å². The molecule has 1 amide bonds. The molecule has 0 saturated heterocycles. The summed E-state index contributed by atoms with van der Waals surface area (Å²) < 4.78 is 18.4. The van der Waals surface area contributed by atoms with Crippen molar-refractivity contribution >= 4 is 5.91 Å². The van der Waals surface area contributed by atoms with Crippen LogP contribution in [0.4, 0.5) is 4.39 Å². The van der Waals surface area contributed by atoms with E-state index in [1.54, 1.807) is 6.07 Å². The molecule has 1 atom stereocenters. The number of halogens is 1. The lowest BCUT2D eigenvalue weighted by Gasteiger charge is -2.07. The highest BCUT2D eigenvalue weighted by Crippen LogP contribution is 2.13. The van der Waals surface area contributed by atoms with Crippen molar-refractivity contribution < 1.29 is 24.1 Å². The van der Waals surface area contributed by atoms with Crippen LogP contribution in [0.1, 0.15) is 16.2 Å². The average molecular weight is 309 g/mol. The Morgan fingerprint density at radius 1 is 1.45 bits per heavy atom. The second-order valence-corrected chi connectivity index (χ2v) is 4.57. The first-order chi connectivity index (χ1) is 10.6. The van der Waals surface area contributed by atoms with Crippen molar-refractivity contribution in [3.8, 4) is 5.75 Å². The quantitative estimate of drug-likeness (QED) is 0.585. The summed E-state index contributed by atoms with van der Waals surface area (Å²) in [6, 6.07) is 7.19. The highest BCUT2D eigenvalue weighted by atomic mass is 19.1. The third kappa shape index (κ3) is 4.54. The Labute approximate surface area is 125 Å². The number of nitrogens with one attached hydrogen (secondary N) is 2. The van der Waals surface area contributed by atoms with Crippen LogP contribution in [0.2, 0.25) is 0 Å². The van der Waals surface area contributed by atoms with Crippen LogP contribution >= 0.6 is 0 Å². The maximum Gasteiger partial charge on any atom is 0.271 e. The minimum Gasteiger partial charge on any atom is -0.487 e. The van der Waals surface area contributed by atoms with Crippen molar-refractivity contribution in [2.75, 3.05) is 13.2 Å². The van der Waals surface area contributed by atoms with E-state index in [0.717, 1.165) is 0 Å². The number of carbonyl (C=O) groups excluding carboxylic acids is 1. The van der Waals surface area contributed by atoms with Crippen LogP contribution in [-0.2, 0) is 6.61 Å². The lowest BCUT2D eigenvalue weighted by atomic mass is 10.3. The Morgan fingerprint density at radius 3 is 3.00 bits per heavy atom. The summed E-state index contributed by atoms with van der Waals surface area (Å²) in [6.45, 7) is -0.409. The summed E-state index contributed by atoms with van der Waals surface area (Å²) in [7, 11) is 0. The van der Waals surface area contributed by atoms with Gasteiger partial charge in [0.25, 0.3) is 5.91 Å². The van der Waals surface area contributed by atoms with Gasteiger partial charge >= 0.3 is 0 Å². The molecule has 0 aliphatic carbocycles. The zero-order chi connectivity index (χ0) is 15.9. The molecule has 0 spiro atoms. The Balaban J connectivity index is 1.87. The predicted octanol–water partition coefficient (Wildman–Crippen LogP) is 0.211. The maximum atomic E-state index is 13.0. The Hall–Kier alpha value is -2.45. The number of aliphatic hydroxyl groups excluding tert-OH is 2. The average Bonchev–Trinajstić information content (AvgIpc) is 2.99. The van der Waals surface area contributed by atoms with Crippen molar-refractivity contribution in [1.82, 2.24) is 15.5 Å². The fourth-order valence-electron chi connectivity index (χ4n) is 1.64. The summed E-state index contributed by atoms with van der Waals surface area (Å²) in [5.74, 6) is -0.517. The van der Waals surface area contributed by atoms with Gasteiger partial charge in [-0.2, -0.15) is 5.10 Å². The zero-order valence-electron chi connectivity index (χ0n) is 11.6. The normalized spacial score (nSPS) is 12.0. The molecule has 0 bridgehead atoms. The number of aromatic amines is 1. The van der Waals surface area contributed by atoms with Crippen molar-refractivity contribution in [1.29, 1.82) is 0 Å². The number of amides is 1. The van der Waals surface area contributed by atoms with Crippen LogP contribution in [0.3, 0.4) is 0 Å². The van der Waals surface area contributed by atoms with Crippen LogP contribution in [0.25, 0.3) is 0 Å². The topological polar surface area (TPSA) is 107 Å². The molecule has 1 unspecified atom stereocenters. The molecule has 8 heteroatoms. The van der Waals surface area contributed by atoms with Gasteiger partial charge in [0.05, 0.1) is 18.4 Å².